The zero-order valence-electron chi connectivity index (χ0n) is 9.38. The lowest BCUT2D eigenvalue weighted by atomic mass is 10.3. The topological polar surface area (TPSA) is 81.2 Å². The van der Waals surface area contributed by atoms with Crippen LogP contribution in [-0.4, -0.2) is 24.5 Å². The fourth-order valence-electron chi connectivity index (χ4n) is 1.59. The van der Waals surface area contributed by atoms with Gasteiger partial charge in [-0.2, -0.15) is 5.11 Å². The Morgan fingerprint density at radius 1 is 0.944 bits per heavy atom. The molecular formula is C11H9N7. The summed E-state index contributed by atoms with van der Waals surface area (Å²) in [6.45, 7) is 0.561. The largest absolute Gasteiger partial charge is 0.285 e. The Hall–Kier alpha value is -2.70. The normalized spacial score (nSPS) is 12.0. The summed E-state index contributed by atoms with van der Waals surface area (Å²) in [6, 6.07) is 1.94. The van der Waals surface area contributed by atoms with Crippen LogP contribution < -0.4 is 0 Å². The minimum atomic E-state index is 0.561. The molecule has 4 heterocycles. The van der Waals surface area contributed by atoms with Crippen molar-refractivity contribution in [2.75, 3.05) is 0 Å². The highest BCUT2D eigenvalue weighted by Gasteiger charge is 2.15. The van der Waals surface area contributed by atoms with Crippen molar-refractivity contribution in [1.82, 2.24) is 24.5 Å². The molecular weight excluding hydrogens is 230 g/mol. The zero-order chi connectivity index (χ0) is 12.2. The van der Waals surface area contributed by atoms with Gasteiger partial charge in [0.05, 0.1) is 11.9 Å². The highest BCUT2D eigenvalue weighted by Crippen LogP contribution is 2.26. The summed E-state index contributed by atoms with van der Waals surface area (Å²) in [5.41, 5.74) is 1.94. The Kier molecular flexibility index (Phi) is 2.71. The van der Waals surface area contributed by atoms with E-state index in [1.807, 2.05) is 10.6 Å². The third-order valence-electron chi connectivity index (χ3n) is 2.39. The first-order valence-electron chi connectivity index (χ1n) is 5.33. The first-order chi connectivity index (χ1) is 8.95. The first-order valence-corrected chi connectivity index (χ1v) is 5.33. The number of nitrogens with zero attached hydrogens (tertiary/aromatic N) is 7. The van der Waals surface area contributed by atoms with Crippen molar-refractivity contribution in [2.45, 2.75) is 6.67 Å². The standard InChI is InChI=1S/C7H5N5.C4H4N2/c1-2-8-5-3-9-7-11-10-4-12(7)6(1)5;1-2-6-4-3-5-1/h1-3H,4H2;1-4H. The van der Waals surface area contributed by atoms with E-state index in [9.17, 15) is 0 Å². The molecule has 3 aliphatic heterocycles. The van der Waals surface area contributed by atoms with Gasteiger partial charge in [0, 0.05) is 31.0 Å². The van der Waals surface area contributed by atoms with Crippen molar-refractivity contribution >= 4 is 5.95 Å². The maximum Gasteiger partial charge on any atom is 0.251 e. The molecule has 4 rings (SSSR count). The number of hydrogen-bond donors (Lipinski definition) is 0. The van der Waals surface area contributed by atoms with E-state index >= 15 is 0 Å². The van der Waals surface area contributed by atoms with Crippen molar-refractivity contribution in [2.24, 2.45) is 10.2 Å². The van der Waals surface area contributed by atoms with Gasteiger partial charge in [-0.05, 0) is 6.07 Å². The number of hydrogen-bond acceptors (Lipinski definition) is 6. The monoisotopic (exact) mass is 239 g/mol. The van der Waals surface area contributed by atoms with Gasteiger partial charge in [-0.25, -0.2) is 4.98 Å². The Morgan fingerprint density at radius 3 is 2.44 bits per heavy atom. The maximum absolute atomic E-state index is 4.13. The molecule has 0 bridgehead atoms. The molecule has 0 atom stereocenters. The molecule has 1 aromatic rings. The molecule has 18 heavy (non-hydrogen) atoms. The molecule has 0 fully saturated rings. The van der Waals surface area contributed by atoms with E-state index in [1.54, 1.807) is 37.2 Å². The summed E-state index contributed by atoms with van der Waals surface area (Å²) < 4.78 is 1.93. The van der Waals surface area contributed by atoms with Gasteiger partial charge in [-0.3, -0.25) is 19.5 Å². The van der Waals surface area contributed by atoms with Gasteiger partial charge in [-0.15, -0.1) is 5.11 Å². The average Bonchev–Trinajstić information content (AvgIpc) is 3.09. The van der Waals surface area contributed by atoms with Crippen molar-refractivity contribution in [1.29, 1.82) is 0 Å². The van der Waals surface area contributed by atoms with Crippen LogP contribution in [0.25, 0.3) is 11.4 Å². The molecule has 1 aromatic heterocycles. The Labute approximate surface area is 103 Å². The number of fused-ring (bicyclic) bond motifs is 3. The van der Waals surface area contributed by atoms with Gasteiger partial charge in [0.1, 0.15) is 12.4 Å². The van der Waals surface area contributed by atoms with E-state index in [-0.39, 0.29) is 0 Å². The SMILES string of the molecule is c1cc2n3c(ncc-2n1)N=NC3.c1cnccn1. The lowest BCUT2D eigenvalue weighted by Gasteiger charge is -2.04. The van der Waals surface area contributed by atoms with Crippen LogP contribution in [0, 0.1) is 0 Å². The molecule has 0 radical (unpaired) electrons. The third kappa shape index (κ3) is 1.93. The van der Waals surface area contributed by atoms with Crippen LogP contribution in [0.1, 0.15) is 0 Å². The van der Waals surface area contributed by atoms with Gasteiger partial charge in [-0.1, -0.05) is 0 Å². The second-order valence-electron chi connectivity index (χ2n) is 3.48. The van der Waals surface area contributed by atoms with Gasteiger partial charge >= 0.3 is 0 Å². The quantitative estimate of drug-likeness (QED) is 0.600. The number of aromatic nitrogens is 5. The minimum absolute atomic E-state index is 0.561. The summed E-state index contributed by atoms with van der Waals surface area (Å²) in [4.78, 5) is 15.7. The molecule has 0 N–H and O–H groups in total. The molecule has 0 saturated heterocycles. The lowest BCUT2D eigenvalue weighted by molar-refractivity contribution is 0.769. The first kappa shape index (κ1) is 10.5. The van der Waals surface area contributed by atoms with Crippen molar-refractivity contribution in [3.05, 3.63) is 43.2 Å². The molecule has 0 aromatic carbocycles. The van der Waals surface area contributed by atoms with Crippen LogP contribution in [0.3, 0.4) is 0 Å². The minimum Gasteiger partial charge on any atom is -0.285 e. The predicted molar refractivity (Wildman–Crippen MR) is 63.2 cm³/mol. The summed E-state index contributed by atoms with van der Waals surface area (Å²) >= 11 is 0. The fourth-order valence-corrected chi connectivity index (χ4v) is 1.59. The van der Waals surface area contributed by atoms with Crippen LogP contribution in [-0.2, 0) is 6.67 Å². The fraction of sp³-hybridized carbons (Fsp3) is 0.0909. The van der Waals surface area contributed by atoms with Crippen molar-refractivity contribution in [3.63, 3.8) is 0 Å². The molecule has 88 valence electrons. The third-order valence-corrected chi connectivity index (χ3v) is 2.39. The Morgan fingerprint density at radius 2 is 1.72 bits per heavy atom. The summed E-state index contributed by atoms with van der Waals surface area (Å²) in [7, 11) is 0. The van der Waals surface area contributed by atoms with Crippen molar-refractivity contribution < 1.29 is 0 Å². The second kappa shape index (κ2) is 4.66. The molecule has 0 amide bonds. The smallest absolute Gasteiger partial charge is 0.251 e. The van der Waals surface area contributed by atoms with E-state index in [2.05, 4.69) is 30.2 Å². The maximum atomic E-state index is 4.13. The highest BCUT2D eigenvalue weighted by atomic mass is 15.4. The van der Waals surface area contributed by atoms with E-state index in [1.165, 1.54) is 0 Å². The average molecular weight is 239 g/mol. The van der Waals surface area contributed by atoms with E-state index in [4.69, 9.17) is 0 Å². The lowest BCUT2D eigenvalue weighted by Crippen LogP contribution is -1.99. The highest BCUT2D eigenvalue weighted by molar-refractivity contribution is 5.57. The number of rotatable bonds is 0. The van der Waals surface area contributed by atoms with Gasteiger partial charge in [0.2, 0.25) is 0 Å². The molecule has 7 heteroatoms. The summed E-state index contributed by atoms with van der Waals surface area (Å²) in [5.74, 6) is 0.663. The van der Waals surface area contributed by atoms with E-state index in [0.717, 1.165) is 11.4 Å². The molecule has 3 aliphatic rings. The van der Waals surface area contributed by atoms with E-state index in [0.29, 0.717) is 12.6 Å². The molecule has 0 aliphatic carbocycles. The predicted octanol–water partition coefficient (Wildman–Crippen LogP) is 1.91. The van der Waals surface area contributed by atoms with Crippen LogP contribution >= 0.6 is 0 Å². The van der Waals surface area contributed by atoms with Crippen LogP contribution in [0.4, 0.5) is 5.95 Å². The summed E-state index contributed by atoms with van der Waals surface area (Å²) in [6.07, 6.45) is 10.0. The van der Waals surface area contributed by atoms with Crippen LogP contribution in [0.5, 0.6) is 0 Å². The van der Waals surface area contributed by atoms with Crippen LogP contribution in [0.2, 0.25) is 0 Å². The van der Waals surface area contributed by atoms with Crippen LogP contribution in [0.15, 0.2) is 53.5 Å². The van der Waals surface area contributed by atoms with Gasteiger partial charge in [0.25, 0.3) is 5.95 Å². The van der Waals surface area contributed by atoms with Crippen molar-refractivity contribution in [3.8, 4) is 11.4 Å². The van der Waals surface area contributed by atoms with E-state index < -0.39 is 0 Å². The van der Waals surface area contributed by atoms with Gasteiger partial charge < -0.3 is 0 Å². The molecule has 0 unspecified atom stereocenters. The molecule has 0 saturated carbocycles. The summed E-state index contributed by atoms with van der Waals surface area (Å²) in [5, 5.41) is 7.76. The Bertz CT molecular complexity index is 605. The molecule has 0 spiro atoms. The second-order valence-corrected chi connectivity index (χ2v) is 3.48. The molecule has 7 nitrogen and oxygen atoms in total. The zero-order valence-corrected chi connectivity index (χ0v) is 9.38. The Balaban J connectivity index is 0.000000142. The van der Waals surface area contributed by atoms with Gasteiger partial charge in [0.15, 0.2) is 0 Å². The number of azo groups is 1.